The number of ether oxygens (including phenoxy) is 4. The number of pyridine rings is 1. The molecule has 2 aromatic heterocycles. The molecule has 4 fully saturated rings. The van der Waals surface area contributed by atoms with Crippen LogP contribution >= 0.6 is 0 Å². The van der Waals surface area contributed by atoms with Crippen molar-refractivity contribution in [2.45, 2.75) is 43.8 Å². The molecule has 4 aliphatic heterocycles. The van der Waals surface area contributed by atoms with Crippen molar-refractivity contribution in [1.82, 2.24) is 30.5 Å². The molecule has 3 saturated heterocycles. The van der Waals surface area contributed by atoms with Crippen LogP contribution in [0, 0.1) is 29.4 Å². The van der Waals surface area contributed by atoms with E-state index in [-0.39, 0.29) is 75.5 Å². The summed E-state index contributed by atoms with van der Waals surface area (Å²) in [7, 11) is 1.42. The van der Waals surface area contributed by atoms with E-state index in [4.69, 9.17) is 35.3 Å². The van der Waals surface area contributed by atoms with E-state index >= 15 is 8.78 Å². The third-order valence-electron chi connectivity index (χ3n) is 10.9. The Labute approximate surface area is 292 Å². The van der Waals surface area contributed by atoms with Crippen LogP contribution in [-0.2, 0) is 4.74 Å². The Bertz CT molecular complexity index is 2120. The summed E-state index contributed by atoms with van der Waals surface area (Å²) >= 11 is 0. The van der Waals surface area contributed by atoms with Crippen molar-refractivity contribution in [3.05, 3.63) is 41.5 Å². The Morgan fingerprint density at radius 1 is 1.16 bits per heavy atom. The van der Waals surface area contributed by atoms with Crippen molar-refractivity contribution in [1.29, 1.82) is 0 Å². The van der Waals surface area contributed by atoms with Crippen LogP contribution in [0.15, 0.2) is 24.3 Å². The number of aromatic nitrogens is 3. The lowest BCUT2D eigenvalue weighted by Crippen LogP contribution is -2.60. The fraction of sp³-hybridized carbons (Fsp3) is 0.459. The maximum absolute atomic E-state index is 17.3. The Morgan fingerprint density at radius 3 is 2.78 bits per heavy atom. The lowest BCUT2D eigenvalue weighted by molar-refractivity contribution is 0.0231. The van der Waals surface area contributed by atoms with Crippen molar-refractivity contribution < 1.29 is 32.5 Å². The second-order valence-corrected chi connectivity index (χ2v) is 14.2. The highest BCUT2D eigenvalue weighted by Gasteiger charge is 2.46. The molecule has 14 heteroatoms. The molecule has 0 unspecified atom stereocenters. The average Bonchev–Trinajstić information content (AvgIpc) is 3.84. The van der Waals surface area contributed by atoms with E-state index in [2.05, 4.69) is 31.3 Å². The van der Waals surface area contributed by atoms with Gasteiger partial charge in [-0.25, -0.2) is 18.6 Å². The lowest BCUT2D eigenvalue weighted by Gasteiger charge is -2.40. The van der Waals surface area contributed by atoms with Gasteiger partial charge in [0, 0.05) is 61.7 Å². The number of benzene rings is 2. The zero-order chi connectivity index (χ0) is 34.9. The van der Waals surface area contributed by atoms with Crippen LogP contribution in [0.4, 0.5) is 19.4 Å². The normalized spacial score (nSPS) is 23.3. The zero-order valence-electron chi connectivity index (χ0n) is 28.1. The van der Waals surface area contributed by atoms with Crippen molar-refractivity contribution in [3.63, 3.8) is 0 Å². The molecule has 9 rings (SSSR count). The summed E-state index contributed by atoms with van der Waals surface area (Å²) in [4.78, 5) is 31.2. The van der Waals surface area contributed by atoms with E-state index in [1.165, 1.54) is 31.3 Å². The van der Waals surface area contributed by atoms with Gasteiger partial charge in [0.25, 0.3) is 0 Å². The summed E-state index contributed by atoms with van der Waals surface area (Å²) in [5.41, 5.74) is -0.220. The molecule has 2 bridgehead atoms. The number of carbonyl (C=O) groups excluding carboxylic acids is 1. The van der Waals surface area contributed by atoms with Gasteiger partial charge in [-0.05, 0) is 49.3 Å². The van der Waals surface area contributed by atoms with Crippen LogP contribution in [0.5, 0.6) is 17.6 Å². The summed E-state index contributed by atoms with van der Waals surface area (Å²) < 4.78 is 56.3. The number of hydrogen-bond acceptors (Lipinski definition) is 11. The minimum absolute atomic E-state index is 0.0312. The van der Waals surface area contributed by atoms with Crippen molar-refractivity contribution in [3.8, 4) is 41.2 Å². The van der Waals surface area contributed by atoms with E-state index in [9.17, 15) is 4.79 Å². The fourth-order valence-corrected chi connectivity index (χ4v) is 8.09. The minimum atomic E-state index is -0.789. The maximum atomic E-state index is 17.3. The Hall–Kier alpha value is -4.84. The smallest absolute Gasteiger partial charge is 0.412 e. The van der Waals surface area contributed by atoms with Crippen LogP contribution in [0.1, 0.15) is 31.2 Å². The summed E-state index contributed by atoms with van der Waals surface area (Å²) in [5, 5.41) is 7.10. The molecule has 0 spiro atoms. The number of fused-ring (bicyclic) bond motifs is 6. The number of terminal acetylenes is 1. The molecule has 1 saturated carbocycles. The second-order valence-electron chi connectivity index (χ2n) is 14.2. The van der Waals surface area contributed by atoms with Crippen LogP contribution in [0.3, 0.4) is 0 Å². The van der Waals surface area contributed by atoms with Gasteiger partial charge in [-0.1, -0.05) is 12.0 Å². The third kappa shape index (κ3) is 5.64. The van der Waals surface area contributed by atoms with Gasteiger partial charge in [0.2, 0.25) is 5.88 Å². The van der Waals surface area contributed by atoms with Gasteiger partial charge >= 0.3 is 12.1 Å². The van der Waals surface area contributed by atoms with Gasteiger partial charge in [-0.2, -0.15) is 9.97 Å². The topological polar surface area (TPSA) is 123 Å². The molecule has 1 amide bonds. The Balaban J connectivity index is 1.20. The van der Waals surface area contributed by atoms with Crippen molar-refractivity contribution >= 4 is 33.6 Å². The molecule has 12 nitrogen and oxygen atoms in total. The molecule has 5 aliphatic rings. The number of amides is 1. The van der Waals surface area contributed by atoms with E-state index in [0.29, 0.717) is 43.0 Å². The Kier molecular flexibility index (Phi) is 7.82. The van der Waals surface area contributed by atoms with Gasteiger partial charge < -0.3 is 34.5 Å². The molecule has 264 valence electrons. The third-order valence-corrected chi connectivity index (χ3v) is 10.9. The molecule has 6 heterocycles. The number of anilines is 1. The van der Waals surface area contributed by atoms with E-state index in [1.54, 1.807) is 0 Å². The predicted octanol–water partition coefficient (Wildman–Crippen LogP) is 4.02. The van der Waals surface area contributed by atoms with Crippen molar-refractivity contribution in [2.24, 2.45) is 5.41 Å². The molecule has 1 aliphatic carbocycles. The summed E-state index contributed by atoms with van der Waals surface area (Å²) in [6, 6.07) is 6.07. The highest BCUT2D eigenvalue weighted by Crippen LogP contribution is 2.48. The highest BCUT2D eigenvalue weighted by molar-refractivity contribution is 6.04. The number of nitrogens with zero attached hydrogens (tertiary/aromatic N) is 5. The van der Waals surface area contributed by atoms with Gasteiger partial charge in [-0.3, -0.25) is 4.90 Å². The molecular formula is C37H37F2N7O5. The largest absolute Gasteiger partial charge is 0.475 e. The number of halogens is 2. The van der Waals surface area contributed by atoms with Gasteiger partial charge in [0.05, 0.1) is 31.4 Å². The number of piperazine rings is 1. The highest BCUT2D eigenvalue weighted by atomic mass is 19.1. The summed E-state index contributed by atoms with van der Waals surface area (Å²) in [5.74, 6) is 1.70. The first-order valence-corrected chi connectivity index (χ1v) is 17.5. The number of carbonyl (C=O) groups is 1. The van der Waals surface area contributed by atoms with Crippen LogP contribution in [0.25, 0.3) is 32.9 Å². The first kappa shape index (κ1) is 32.1. The van der Waals surface area contributed by atoms with Gasteiger partial charge in [0.15, 0.2) is 5.82 Å². The lowest BCUT2D eigenvalue weighted by atomic mass is 9.95. The van der Waals surface area contributed by atoms with E-state index in [0.717, 1.165) is 45.3 Å². The Morgan fingerprint density at radius 2 is 2.00 bits per heavy atom. The fourth-order valence-electron chi connectivity index (χ4n) is 8.09. The van der Waals surface area contributed by atoms with Crippen molar-refractivity contribution in [2.75, 3.05) is 64.6 Å². The molecule has 0 radical (unpaired) electrons. The first-order valence-electron chi connectivity index (χ1n) is 17.5. The van der Waals surface area contributed by atoms with Crippen LogP contribution < -0.4 is 29.7 Å². The first-order chi connectivity index (χ1) is 24.8. The van der Waals surface area contributed by atoms with Gasteiger partial charge in [-0.15, -0.1) is 6.42 Å². The molecule has 2 aromatic carbocycles. The predicted molar refractivity (Wildman–Crippen MR) is 184 cm³/mol. The number of morpholine rings is 1. The zero-order valence-corrected chi connectivity index (χ0v) is 28.1. The quantitative estimate of drug-likeness (QED) is 0.273. The summed E-state index contributed by atoms with van der Waals surface area (Å²) in [6.07, 6.45) is 9.11. The van der Waals surface area contributed by atoms with Crippen LogP contribution in [0.2, 0.25) is 0 Å². The van der Waals surface area contributed by atoms with E-state index in [1.807, 2.05) is 0 Å². The SMILES string of the molecule is C#Cc1c(F)ccc2cc(OC(=O)NC)cc(-c3nc4c5c(nc(OCC6(CN7CCOCC7)CC6)nc5c3F)N3C[C@H]5CC[C@H](N5)[C@H]3CO4)c12. The molecule has 4 aromatic rings. The standard InChI is InChI=1S/C37H37F2N7O5/c1-3-23-25(38)6-4-20-14-22(51-36(47)40-2)15-24(28(20)23)31-30(39)32-29-33(46-16-21-5-7-26(41-21)27(46)17-49-34(29)42-31)44-35(43-32)50-19-37(8-9-37)18-45-10-12-48-13-11-45/h1,4,6,14-15,21,26-27,41H,5,7-13,16-19H2,2H3,(H,40,47)/t21-,26+,27-/m1/s1. The molecular weight excluding hydrogens is 660 g/mol. The second kappa shape index (κ2) is 12.4. The summed E-state index contributed by atoms with van der Waals surface area (Å²) in [6.45, 7) is 5.40. The van der Waals surface area contributed by atoms with E-state index < -0.39 is 17.7 Å². The molecule has 51 heavy (non-hydrogen) atoms. The molecule has 3 atom stereocenters. The average molecular weight is 698 g/mol. The number of hydrogen-bond donors (Lipinski definition) is 2. The minimum Gasteiger partial charge on any atom is -0.475 e. The van der Waals surface area contributed by atoms with Gasteiger partial charge in [0.1, 0.15) is 40.6 Å². The number of nitrogens with one attached hydrogen (secondary N) is 2. The number of rotatable bonds is 7. The monoisotopic (exact) mass is 697 g/mol. The van der Waals surface area contributed by atoms with Crippen LogP contribution in [-0.4, -0.2) is 104 Å². The molecule has 2 N–H and O–H groups in total. The maximum Gasteiger partial charge on any atom is 0.412 e.